The van der Waals surface area contributed by atoms with E-state index in [0.29, 0.717) is 12.6 Å². The number of methoxy groups -OCH3 is 1. The Morgan fingerprint density at radius 2 is 2.86 bits per heavy atom. The maximum atomic E-state index is 4.69. The summed E-state index contributed by atoms with van der Waals surface area (Å²) in [7, 11) is 1.57. The molecule has 1 rings (SSSR count). The Kier molecular flexibility index (Phi) is 1.26. The second kappa shape index (κ2) is 1.93. The fourth-order valence-corrected chi connectivity index (χ4v) is 0.382. The van der Waals surface area contributed by atoms with Gasteiger partial charge in [0.15, 0.2) is 6.54 Å². The van der Waals surface area contributed by atoms with Gasteiger partial charge in [0.05, 0.1) is 13.8 Å². The van der Waals surface area contributed by atoms with Crippen LogP contribution in [0.1, 0.15) is 0 Å². The van der Waals surface area contributed by atoms with Crippen LogP contribution in [0.25, 0.3) is 0 Å². The summed E-state index contributed by atoms with van der Waals surface area (Å²) in [5, 5.41) is 2.74. The zero-order valence-corrected chi connectivity index (χ0v) is 4.06. The molecule has 0 unspecified atom stereocenters. The second-order valence-corrected chi connectivity index (χ2v) is 1.13. The molecule has 3 nitrogen and oxygen atoms in total. The third kappa shape index (κ3) is 0.899. The molecular formula is C4H6N2O. The van der Waals surface area contributed by atoms with Gasteiger partial charge in [0.2, 0.25) is 5.90 Å². The third-order valence-corrected chi connectivity index (χ3v) is 0.690. The Morgan fingerprint density at radius 3 is 3.14 bits per heavy atom. The lowest BCUT2D eigenvalue weighted by Gasteiger charge is -1.89. The monoisotopic (exact) mass is 98.0 g/mol. The maximum absolute atomic E-state index is 4.69. The van der Waals surface area contributed by atoms with Crippen LogP contribution < -0.4 is 5.32 Å². The lowest BCUT2D eigenvalue weighted by atomic mass is 10.7. The molecule has 3 heteroatoms. The topological polar surface area (TPSA) is 33.6 Å². The molecule has 7 heavy (non-hydrogen) atoms. The molecule has 1 aliphatic heterocycles. The van der Waals surface area contributed by atoms with E-state index in [2.05, 4.69) is 21.6 Å². The summed E-state index contributed by atoms with van der Waals surface area (Å²) in [6.45, 7) is 3.28. The first-order valence-corrected chi connectivity index (χ1v) is 2.01. The minimum absolute atomic E-state index is 0.556. The van der Waals surface area contributed by atoms with Gasteiger partial charge >= 0.3 is 0 Å². The molecule has 1 N–H and O–H groups in total. The van der Waals surface area contributed by atoms with Crippen LogP contribution in [0.4, 0.5) is 0 Å². The van der Waals surface area contributed by atoms with E-state index in [1.54, 1.807) is 7.11 Å². The van der Waals surface area contributed by atoms with Crippen molar-refractivity contribution >= 4 is 5.90 Å². The fraction of sp³-hybridized carbons (Fsp3) is 0.500. The van der Waals surface area contributed by atoms with Crippen molar-refractivity contribution < 1.29 is 4.74 Å². The highest BCUT2D eigenvalue weighted by molar-refractivity contribution is 5.85. The van der Waals surface area contributed by atoms with Gasteiger partial charge in [0.1, 0.15) is 0 Å². The Bertz CT molecular complexity index is 89.7. The second-order valence-electron chi connectivity index (χ2n) is 1.13. The average molecular weight is 98.1 g/mol. The van der Waals surface area contributed by atoms with E-state index in [1.807, 2.05) is 0 Å². The number of hydrogen-bond acceptors (Lipinski definition) is 3. The van der Waals surface area contributed by atoms with Crippen LogP contribution in [0, 0.1) is 6.54 Å². The van der Waals surface area contributed by atoms with Gasteiger partial charge in [-0.3, -0.25) is 5.32 Å². The standard InChI is InChI=1S/C4H6N2O/c1-7-4-2-5-3-6-4/h5H,3H2,1H3. The number of nitrogens with one attached hydrogen (secondary N) is 1. The van der Waals surface area contributed by atoms with E-state index in [-0.39, 0.29) is 0 Å². The highest BCUT2D eigenvalue weighted by atomic mass is 16.5. The Balaban J connectivity index is 2.36. The molecule has 0 aromatic rings. The first kappa shape index (κ1) is 4.59. The molecule has 0 saturated carbocycles. The van der Waals surface area contributed by atoms with E-state index >= 15 is 0 Å². The highest BCUT2D eigenvalue weighted by Crippen LogP contribution is 1.88. The Hall–Kier alpha value is -0.570. The predicted molar refractivity (Wildman–Crippen MR) is 25.7 cm³/mol. The van der Waals surface area contributed by atoms with Crippen LogP contribution in [0.3, 0.4) is 0 Å². The molecule has 0 aliphatic carbocycles. The minimum Gasteiger partial charge on any atom is -0.483 e. The smallest absolute Gasteiger partial charge is 0.210 e. The van der Waals surface area contributed by atoms with Crippen LogP contribution in [0.2, 0.25) is 0 Å². The molecule has 0 aromatic heterocycles. The predicted octanol–water partition coefficient (Wildman–Crippen LogP) is -0.369. The van der Waals surface area contributed by atoms with Gasteiger partial charge in [-0.05, 0) is 0 Å². The van der Waals surface area contributed by atoms with E-state index in [4.69, 9.17) is 0 Å². The van der Waals surface area contributed by atoms with Crippen LogP contribution >= 0.6 is 0 Å². The number of rotatable bonds is 0. The zero-order chi connectivity index (χ0) is 5.11. The van der Waals surface area contributed by atoms with Gasteiger partial charge in [-0.1, -0.05) is 0 Å². The molecule has 0 atom stereocenters. The Labute approximate surface area is 42.4 Å². The number of aliphatic imine (C=N–C) groups is 1. The van der Waals surface area contributed by atoms with Crippen molar-refractivity contribution in [1.29, 1.82) is 0 Å². The Morgan fingerprint density at radius 1 is 2.00 bits per heavy atom. The van der Waals surface area contributed by atoms with E-state index in [9.17, 15) is 0 Å². The first-order valence-electron chi connectivity index (χ1n) is 2.01. The summed E-state index contributed by atoms with van der Waals surface area (Å²) < 4.78 is 4.69. The molecule has 38 valence electrons. The summed E-state index contributed by atoms with van der Waals surface area (Å²) in [5.74, 6) is 0.556. The van der Waals surface area contributed by atoms with Gasteiger partial charge in [-0.2, -0.15) is 0 Å². The average Bonchev–Trinajstić information content (AvgIpc) is 2.14. The summed E-state index contributed by atoms with van der Waals surface area (Å²) in [5.41, 5.74) is 0. The number of nitrogens with zero attached hydrogens (tertiary/aromatic N) is 1. The van der Waals surface area contributed by atoms with Gasteiger partial charge < -0.3 is 4.74 Å². The van der Waals surface area contributed by atoms with E-state index in [0.717, 1.165) is 0 Å². The minimum atomic E-state index is 0.556. The first-order chi connectivity index (χ1) is 3.43. The third-order valence-electron chi connectivity index (χ3n) is 0.690. The molecule has 2 radical (unpaired) electrons. The van der Waals surface area contributed by atoms with Crippen molar-refractivity contribution in [1.82, 2.24) is 5.32 Å². The number of ether oxygens (including phenoxy) is 1. The number of hydrogen-bond donors (Lipinski definition) is 1. The summed E-state index contributed by atoms with van der Waals surface area (Å²) in [6.07, 6.45) is 0. The van der Waals surface area contributed by atoms with Crippen molar-refractivity contribution in [3.05, 3.63) is 6.54 Å². The van der Waals surface area contributed by atoms with Crippen LogP contribution in [0.15, 0.2) is 4.99 Å². The van der Waals surface area contributed by atoms with Crippen LogP contribution in [-0.2, 0) is 4.74 Å². The van der Waals surface area contributed by atoms with Crippen LogP contribution in [-0.4, -0.2) is 19.7 Å². The van der Waals surface area contributed by atoms with E-state index < -0.39 is 0 Å². The van der Waals surface area contributed by atoms with Crippen molar-refractivity contribution in [2.75, 3.05) is 13.8 Å². The SMILES string of the molecule is COC1=NCN[C]1. The van der Waals surface area contributed by atoms with Crippen molar-refractivity contribution in [3.8, 4) is 0 Å². The van der Waals surface area contributed by atoms with Gasteiger partial charge in [-0.15, -0.1) is 0 Å². The van der Waals surface area contributed by atoms with Gasteiger partial charge in [0.25, 0.3) is 0 Å². The van der Waals surface area contributed by atoms with Crippen molar-refractivity contribution in [2.45, 2.75) is 0 Å². The lowest BCUT2D eigenvalue weighted by Crippen LogP contribution is -2.06. The molecule has 0 bridgehead atoms. The molecule has 0 amide bonds. The molecule has 0 spiro atoms. The van der Waals surface area contributed by atoms with Gasteiger partial charge in [-0.25, -0.2) is 4.99 Å². The quantitative estimate of drug-likeness (QED) is 0.448. The summed E-state index contributed by atoms with van der Waals surface area (Å²) in [4.78, 5) is 3.83. The van der Waals surface area contributed by atoms with Gasteiger partial charge in [0, 0.05) is 0 Å². The van der Waals surface area contributed by atoms with Crippen LogP contribution in [0.5, 0.6) is 0 Å². The lowest BCUT2D eigenvalue weighted by molar-refractivity contribution is 0.404. The molecule has 1 heterocycles. The van der Waals surface area contributed by atoms with Crippen molar-refractivity contribution in [2.24, 2.45) is 4.99 Å². The molecule has 0 aromatic carbocycles. The fourth-order valence-electron chi connectivity index (χ4n) is 0.382. The van der Waals surface area contributed by atoms with E-state index in [1.165, 1.54) is 0 Å². The maximum Gasteiger partial charge on any atom is 0.210 e. The highest BCUT2D eigenvalue weighted by Gasteiger charge is 2.03. The summed E-state index contributed by atoms with van der Waals surface area (Å²) in [6, 6.07) is 0. The molecular weight excluding hydrogens is 92.1 g/mol. The molecule has 1 aliphatic rings. The molecule has 0 saturated heterocycles. The summed E-state index contributed by atoms with van der Waals surface area (Å²) >= 11 is 0. The van der Waals surface area contributed by atoms with Crippen molar-refractivity contribution in [3.63, 3.8) is 0 Å². The largest absolute Gasteiger partial charge is 0.483 e. The molecule has 0 fully saturated rings. The zero-order valence-electron chi connectivity index (χ0n) is 4.06. The normalized spacial score (nSPS) is 19.3.